The topological polar surface area (TPSA) is 201 Å². The molecular weight excluding hydrogens is 853 g/mol. The van der Waals surface area contributed by atoms with Crippen LogP contribution in [-0.4, -0.2) is 118 Å². The van der Waals surface area contributed by atoms with Gasteiger partial charge >= 0.3 is 0 Å². The van der Waals surface area contributed by atoms with Gasteiger partial charge in [0, 0.05) is 47.8 Å². The van der Waals surface area contributed by atoms with Crippen molar-refractivity contribution in [3.63, 3.8) is 0 Å². The van der Waals surface area contributed by atoms with E-state index in [1.54, 1.807) is 6.92 Å². The second-order valence-corrected chi connectivity index (χ2v) is 26.2. The first-order valence-corrected chi connectivity index (χ1v) is 26.0. The van der Waals surface area contributed by atoms with E-state index in [0.717, 1.165) is 72.4 Å². The van der Waals surface area contributed by atoms with E-state index in [4.69, 9.17) is 28.9 Å². The SMILES string of the molecule is CC1[C@H]2CC=C3[C@@H]4CC[C@H]5Cc6nc7c(nc6C[C@]5(C)[C@@]4(O)CC(=O)[C@@]32CO[C@@]12OC(C)(C)[C@@H](C)C2O)C[C@@H]1CC[C@@H]2C3=C[C@@H]4O[C@@]5(C[C@]4(O)C3(C)C(O)C[C@@H]2C1(C)C7)O[C@](C)(CO)C[C@H]5O. The number of nitrogens with zero attached hydrogens (tertiary/aromatic N) is 2. The third-order valence-electron chi connectivity index (χ3n) is 23.3. The summed E-state index contributed by atoms with van der Waals surface area (Å²) in [7, 11) is 0. The van der Waals surface area contributed by atoms with Crippen molar-refractivity contribution < 1.29 is 54.4 Å². The maximum atomic E-state index is 15.0. The zero-order valence-corrected chi connectivity index (χ0v) is 40.8. The number of hydrogen-bond acceptors (Lipinski definition) is 13. The van der Waals surface area contributed by atoms with Crippen LogP contribution < -0.4 is 0 Å². The van der Waals surface area contributed by atoms with Gasteiger partial charge in [0.05, 0.1) is 64.3 Å². The van der Waals surface area contributed by atoms with Gasteiger partial charge in [0.25, 0.3) is 0 Å². The molecule has 1 aromatic rings. The number of fused-ring (bicyclic) bond motifs is 13. The molecule has 13 heteroatoms. The number of Topliss-reactive ketones (excluding diaryl/α,β-unsaturated/α-hetero) is 1. The highest BCUT2D eigenvalue weighted by Gasteiger charge is 2.77. The third-order valence-corrected chi connectivity index (χ3v) is 23.3. The Labute approximate surface area is 394 Å². The Morgan fingerprint density at radius 1 is 0.776 bits per heavy atom. The standard InChI is InChI=1S/C54H74N2O11/c1-26-31-13-14-32-33-12-10-29-16-37-39(20-48(29,7)51(33,62)22-41(59)50(31,32)25-64-54(26)44(61)27(2)45(3,4)66-54)56-36-15-28-9-11-30-34(47(28,6)19-38(36)55-37)17-40(58)49(8)35(30)18-43-52(49,63)23-53(65-43)42(60)21-46(5,24-57)67-53/h14,18,26-31,33-34,40,42-44,57-58,60-63H,9-13,15-17,19-25H2,1-8H3/t26?,27-,28-,29-,30-,31+,33-,34-,40?,42+,43-,44?,46-,47?,48-,49?,50+,51+,52+,53-,54+/m0/s1. The average Bonchev–Trinajstić information content (AvgIpc) is 3.98. The number of aromatic nitrogens is 2. The van der Waals surface area contributed by atoms with Crippen LogP contribution >= 0.6 is 0 Å². The number of rotatable bonds is 1. The molecule has 3 spiro atoms. The lowest BCUT2D eigenvalue weighted by atomic mass is 9.42. The number of carbonyl (C=O) groups excluding carboxylic acids is 1. The van der Waals surface area contributed by atoms with Crippen molar-refractivity contribution in [3.8, 4) is 0 Å². The highest BCUT2D eigenvalue weighted by atomic mass is 16.7. The molecule has 6 N–H and O–H groups in total. The molecule has 5 unspecified atom stereocenters. The van der Waals surface area contributed by atoms with Gasteiger partial charge in [-0.2, -0.15) is 0 Å². The minimum absolute atomic E-state index is 0.0163. The normalized spacial score (nSPS) is 57.3. The fourth-order valence-electron chi connectivity index (χ4n) is 18.9. The van der Waals surface area contributed by atoms with Crippen LogP contribution in [0.15, 0.2) is 23.3 Å². The molecule has 21 atom stereocenters. The molecule has 0 radical (unpaired) electrons. The largest absolute Gasteiger partial charge is 0.393 e. The Hall–Kier alpha value is -2.17. The zero-order valence-electron chi connectivity index (χ0n) is 40.8. The van der Waals surface area contributed by atoms with Crippen LogP contribution in [0.4, 0.5) is 0 Å². The van der Waals surface area contributed by atoms with Crippen molar-refractivity contribution in [2.45, 2.75) is 197 Å². The Morgan fingerprint density at radius 3 is 2.16 bits per heavy atom. The summed E-state index contributed by atoms with van der Waals surface area (Å²) in [5.74, 6) is -2.38. The van der Waals surface area contributed by atoms with Crippen molar-refractivity contribution in [1.82, 2.24) is 9.97 Å². The Bertz CT molecular complexity index is 2440. The quantitative estimate of drug-likeness (QED) is 0.214. The summed E-state index contributed by atoms with van der Waals surface area (Å²) in [5.41, 5.74) is -0.612. The smallest absolute Gasteiger partial charge is 0.198 e. The van der Waals surface area contributed by atoms with E-state index in [1.165, 1.54) is 0 Å². The Balaban J connectivity index is 0.767. The van der Waals surface area contributed by atoms with E-state index in [9.17, 15) is 30.6 Å². The van der Waals surface area contributed by atoms with Crippen LogP contribution in [0.5, 0.6) is 0 Å². The predicted octanol–water partition coefficient (Wildman–Crippen LogP) is 4.62. The summed E-state index contributed by atoms with van der Waals surface area (Å²) in [4.78, 5) is 26.0. The van der Waals surface area contributed by atoms with E-state index >= 15 is 4.79 Å². The van der Waals surface area contributed by atoms with Crippen molar-refractivity contribution in [2.75, 3.05) is 13.2 Å². The van der Waals surface area contributed by atoms with E-state index < -0.39 is 74.6 Å². The molecule has 1 aromatic heterocycles. The fraction of sp³-hybridized carbons (Fsp3) is 0.833. The van der Waals surface area contributed by atoms with Crippen LogP contribution in [-0.2, 0) is 49.4 Å². The summed E-state index contributed by atoms with van der Waals surface area (Å²) in [5, 5.41) is 71.2. The van der Waals surface area contributed by atoms with Crippen molar-refractivity contribution in [3.05, 3.63) is 46.1 Å². The van der Waals surface area contributed by atoms with Gasteiger partial charge in [-0.15, -0.1) is 0 Å². The van der Waals surface area contributed by atoms with Crippen LogP contribution in [0.1, 0.15) is 136 Å². The molecule has 8 fully saturated rings. The van der Waals surface area contributed by atoms with E-state index in [1.807, 2.05) is 33.8 Å². The maximum absolute atomic E-state index is 15.0. The molecule has 0 amide bonds. The molecule has 5 heterocycles. The summed E-state index contributed by atoms with van der Waals surface area (Å²) in [6, 6.07) is 0. The minimum Gasteiger partial charge on any atom is -0.393 e. The monoisotopic (exact) mass is 927 g/mol. The third kappa shape index (κ3) is 5.05. The van der Waals surface area contributed by atoms with Gasteiger partial charge < -0.3 is 49.6 Å². The lowest BCUT2D eigenvalue weighted by Crippen LogP contribution is -2.70. The first kappa shape index (κ1) is 44.7. The van der Waals surface area contributed by atoms with Gasteiger partial charge in [-0.3, -0.25) is 14.8 Å². The van der Waals surface area contributed by atoms with E-state index in [-0.39, 0.29) is 85.1 Å². The second kappa shape index (κ2) is 13.3. The molecule has 13 nitrogen and oxygen atoms in total. The van der Waals surface area contributed by atoms with Gasteiger partial charge in [0.2, 0.25) is 0 Å². The number of ether oxygens (including phenoxy) is 4. The lowest BCUT2D eigenvalue weighted by molar-refractivity contribution is -0.337. The summed E-state index contributed by atoms with van der Waals surface area (Å²) in [6.07, 6.45) is 8.88. The Morgan fingerprint density at radius 2 is 1.48 bits per heavy atom. The van der Waals surface area contributed by atoms with E-state index in [0.29, 0.717) is 31.6 Å². The second-order valence-electron chi connectivity index (χ2n) is 26.2. The molecule has 0 aromatic carbocycles. The summed E-state index contributed by atoms with van der Waals surface area (Å²) >= 11 is 0. The number of aliphatic hydroxyl groups excluding tert-OH is 4. The van der Waals surface area contributed by atoms with E-state index in [2.05, 4.69) is 26.8 Å². The van der Waals surface area contributed by atoms with Crippen molar-refractivity contribution >= 4 is 5.78 Å². The number of hydrogen-bond donors (Lipinski definition) is 6. The minimum atomic E-state index is -1.47. The first-order valence-electron chi connectivity index (χ1n) is 26.0. The van der Waals surface area contributed by atoms with Gasteiger partial charge in [-0.1, -0.05) is 57.9 Å². The number of ketones is 1. The van der Waals surface area contributed by atoms with Crippen LogP contribution in [0.25, 0.3) is 0 Å². The maximum Gasteiger partial charge on any atom is 0.198 e. The highest BCUT2D eigenvalue weighted by molar-refractivity contribution is 5.92. The average molecular weight is 927 g/mol. The van der Waals surface area contributed by atoms with Crippen LogP contribution in [0.3, 0.4) is 0 Å². The molecule has 12 aliphatic rings. The molecule has 4 saturated carbocycles. The molecule has 4 aliphatic heterocycles. The predicted molar refractivity (Wildman–Crippen MR) is 242 cm³/mol. The number of allylic oxidation sites excluding steroid dienone is 1. The first-order chi connectivity index (χ1) is 31.4. The van der Waals surface area contributed by atoms with Gasteiger partial charge in [-0.05, 0) is 120 Å². The molecule has 8 aliphatic carbocycles. The lowest BCUT2D eigenvalue weighted by Gasteiger charge is -2.64. The molecule has 4 saturated heterocycles. The molecule has 13 rings (SSSR count). The molecular formula is C54H74N2O11. The molecule has 67 heavy (non-hydrogen) atoms. The summed E-state index contributed by atoms with van der Waals surface area (Å²) < 4.78 is 26.1. The van der Waals surface area contributed by atoms with Gasteiger partial charge in [-0.25, -0.2) is 0 Å². The number of aliphatic hydroxyl groups is 6. The summed E-state index contributed by atoms with van der Waals surface area (Å²) in [6.45, 7) is 16.4. The van der Waals surface area contributed by atoms with Crippen LogP contribution in [0.2, 0.25) is 0 Å². The zero-order chi connectivity index (χ0) is 47.2. The molecule has 366 valence electrons. The molecule has 0 bridgehead atoms. The van der Waals surface area contributed by atoms with Crippen LogP contribution in [0, 0.1) is 69.0 Å². The van der Waals surface area contributed by atoms with Gasteiger partial charge in [0.1, 0.15) is 29.7 Å². The number of carbonyl (C=O) groups is 1. The van der Waals surface area contributed by atoms with Crippen molar-refractivity contribution in [2.24, 2.45) is 69.0 Å². The van der Waals surface area contributed by atoms with Gasteiger partial charge in [0.15, 0.2) is 11.6 Å². The van der Waals surface area contributed by atoms with Crippen molar-refractivity contribution in [1.29, 1.82) is 0 Å². The Kier molecular flexibility index (Phi) is 8.86. The highest BCUT2D eigenvalue weighted by Crippen LogP contribution is 2.72. The fourth-order valence-corrected chi connectivity index (χ4v) is 18.9.